The number of nitro groups is 1. The predicted octanol–water partition coefficient (Wildman–Crippen LogP) is 1.88. The van der Waals surface area contributed by atoms with Gasteiger partial charge in [-0.15, -0.1) is 5.10 Å². The van der Waals surface area contributed by atoms with Gasteiger partial charge in [0, 0.05) is 13.1 Å². The standard InChI is InChI=1S/C12H12N4O4S/c1-7-3-4-9(16(19)20)8(5-7)11-13-12(15(2)14-11)21-6-10(17)18/h3-5H,6H2,1-2H3,(H,17,18). The van der Waals surface area contributed by atoms with Crippen molar-refractivity contribution >= 4 is 23.4 Å². The van der Waals surface area contributed by atoms with E-state index in [1.54, 1.807) is 19.2 Å². The van der Waals surface area contributed by atoms with E-state index >= 15 is 0 Å². The lowest BCUT2D eigenvalue weighted by molar-refractivity contribution is -0.384. The van der Waals surface area contributed by atoms with Gasteiger partial charge in [0.2, 0.25) is 0 Å². The quantitative estimate of drug-likeness (QED) is 0.510. The molecule has 0 amide bonds. The molecule has 0 unspecified atom stereocenters. The molecule has 9 heteroatoms. The fourth-order valence-corrected chi connectivity index (χ4v) is 2.36. The average molecular weight is 308 g/mol. The summed E-state index contributed by atoms with van der Waals surface area (Å²) in [7, 11) is 1.61. The molecule has 21 heavy (non-hydrogen) atoms. The third kappa shape index (κ3) is 3.37. The molecule has 2 aromatic rings. The highest BCUT2D eigenvalue weighted by atomic mass is 32.2. The molecule has 2 rings (SSSR count). The highest BCUT2D eigenvalue weighted by Crippen LogP contribution is 2.29. The summed E-state index contributed by atoms with van der Waals surface area (Å²) < 4.78 is 1.41. The van der Waals surface area contributed by atoms with E-state index in [2.05, 4.69) is 10.1 Å². The Morgan fingerprint density at radius 1 is 1.52 bits per heavy atom. The van der Waals surface area contributed by atoms with Crippen LogP contribution in [0.5, 0.6) is 0 Å². The Bertz CT molecular complexity index is 713. The lowest BCUT2D eigenvalue weighted by Gasteiger charge is -1.99. The zero-order valence-corrected chi connectivity index (χ0v) is 12.1. The number of carboxylic acid groups (broad SMARTS) is 1. The molecule has 0 aliphatic carbocycles. The van der Waals surface area contributed by atoms with Gasteiger partial charge < -0.3 is 5.11 Å². The normalized spacial score (nSPS) is 10.6. The maximum absolute atomic E-state index is 11.1. The molecule has 0 spiro atoms. The Balaban J connectivity index is 2.43. The van der Waals surface area contributed by atoms with Gasteiger partial charge >= 0.3 is 5.97 Å². The lowest BCUT2D eigenvalue weighted by Crippen LogP contribution is -2.00. The van der Waals surface area contributed by atoms with Gasteiger partial charge in [-0.1, -0.05) is 17.8 Å². The summed E-state index contributed by atoms with van der Waals surface area (Å²) in [6, 6.07) is 4.69. The molecule has 0 bridgehead atoms. The van der Waals surface area contributed by atoms with Crippen molar-refractivity contribution in [1.82, 2.24) is 14.8 Å². The zero-order chi connectivity index (χ0) is 15.6. The van der Waals surface area contributed by atoms with Gasteiger partial charge in [-0.2, -0.15) is 0 Å². The number of hydrogen-bond acceptors (Lipinski definition) is 6. The molecule has 8 nitrogen and oxygen atoms in total. The maximum atomic E-state index is 11.1. The second-order valence-electron chi connectivity index (χ2n) is 4.30. The van der Waals surface area contributed by atoms with E-state index in [9.17, 15) is 14.9 Å². The molecule has 0 saturated heterocycles. The summed E-state index contributed by atoms with van der Waals surface area (Å²) in [6.07, 6.45) is 0. The highest BCUT2D eigenvalue weighted by molar-refractivity contribution is 7.99. The highest BCUT2D eigenvalue weighted by Gasteiger charge is 2.20. The Morgan fingerprint density at radius 2 is 2.24 bits per heavy atom. The number of rotatable bonds is 5. The van der Waals surface area contributed by atoms with Gasteiger partial charge in [0.1, 0.15) is 0 Å². The first kappa shape index (κ1) is 15.0. The molecule has 0 aliphatic rings. The van der Waals surface area contributed by atoms with Crippen molar-refractivity contribution in [3.8, 4) is 11.4 Å². The molecule has 1 aromatic heterocycles. The fraction of sp³-hybridized carbons (Fsp3) is 0.250. The van der Waals surface area contributed by atoms with Gasteiger partial charge in [0.25, 0.3) is 5.69 Å². The van der Waals surface area contributed by atoms with Crippen LogP contribution in [0, 0.1) is 17.0 Å². The van der Waals surface area contributed by atoms with Crippen molar-refractivity contribution in [2.45, 2.75) is 12.1 Å². The van der Waals surface area contributed by atoms with Crippen LogP contribution in [0.4, 0.5) is 5.69 Å². The van der Waals surface area contributed by atoms with Crippen LogP contribution in [-0.4, -0.2) is 36.5 Å². The number of hydrogen-bond donors (Lipinski definition) is 1. The summed E-state index contributed by atoms with van der Waals surface area (Å²) in [5.74, 6) is -0.908. The van der Waals surface area contributed by atoms with Gasteiger partial charge in [-0.25, -0.2) is 9.67 Å². The SMILES string of the molecule is Cc1ccc([N+](=O)[O-])c(-c2nc(SCC(=O)O)n(C)n2)c1. The van der Waals surface area contributed by atoms with E-state index in [-0.39, 0.29) is 17.3 Å². The number of carboxylic acids is 1. The molecule has 0 aliphatic heterocycles. The van der Waals surface area contributed by atoms with Crippen LogP contribution in [0.25, 0.3) is 11.4 Å². The van der Waals surface area contributed by atoms with E-state index in [0.29, 0.717) is 10.7 Å². The van der Waals surface area contributed by atoms with Crippen LogP contribution < -0.4 is 0 Å². The molecule has 0 fully saturated rings. The number of aromatic nitrogens is 3. The molecular formula is C12H12N4O4S. The number of aliphatic carboxylic acids is 1. The molecule has 0 saturated carbocycles. The molecule has 1 N–H and O–H groups in total. The Morgan fingerprint density at radius 3 is 2.86 bits per heavy atom. The third-order valence-electron chi connectivity index (χ3n) is 2.64. The van der Waals surface area contributed by atoms with Crippen LogP contribution in [-0.2, 0) is 11.8 Å². The van der Waals surface area contributed by atoms with Gasteiger partial charge in [-0.3, -0.25) is 14.9 Å². The number of nitro benzene ring substituents is 1. The number of aryl methyl sites for hydroxylation is 2. The van der Waals surface area contributed by atoms with Crippen LogP contribution in [0.3, 0.4) is 0 Å². The summed E-state index contributed by atoms with van der Waals surface area (Å²) in [4.78, 5) is 25.3. The topological polar surface area (TPSA) is 111 Å². The monoisotopic (exact) mass is 308 g/mol. The first-order valence-corrected chi connectivity index (χ1v) is 6.88. The summed E-state index contributed by atoms with van der Waals surface area (Å²) in [5.41, 5.74) is 1.08. The van der Waals surface area contributed by atoms with Crippen molar-refractivity contribution in [2.24, 2.45) is 7.05 Å². The number of benzene rings is 1. The second kappa shape index (κ2) is 5.92. The van der Waals surface area contributed by atoms with E-state index < -0.39 is 10.9 Å². The summed E-state index contributed by atoms with van der Waals surface area (Å²) in [6.45, 7) is 1.82. The van der Waals surface area contributed by atoms with E-state index in [4.69, 9.17) is 5.11 Å². The van der Waals surface area contributed by atoms with Gasteiger partial charge in [0.05, 0.1) is 16.2 Å². The minimum absolute atomic E-state index is 0.0824. The first-order chi connectivity index (χ1) is 9.88. The number of thioether (sulfide) groups is 1. The largest absolute Gasteiger partial charge is 0.481 e. The molecule has 1 aromatic carbocycles. The molecule has 110 valence electrons. The zero-order valence-electron chi connectivity index (χ0n) is 11.3. The predicted molar refractivity (Wildman–Crippen MR) is 76.2 cm³/mol. The Hall–Kier alpha value is -2.42. The maximum Gasteiger partial charge on any atom is 0.313 e. The van der Waals surface area contributed by atoms with Crippen LogP contribution in [0.15, 0.2) is 23.4 Å². The molecule has 0 radical (unpaired) electrons. The average Bonchev–Trinajstić information content (AvgIpc) is 2.77. The van der Waals surface area contributed by atoms with Crippen molar-refractivity contribution in [3.05, 3.63) is 33.9 Å². The van der Waals surface area contributed by atoms with E-state index in [1.807, 2.05) is 6.92 Å². The van der Waals surface area contributed by atoms with Crippen molar-refractivity contribution in [1.29, 1.82) is 0 Å². The molecule has 1 heterocycles. The van der Waals surface area contributed by atoms with E-state index in [1.165, 1.54) is 10.7 Å². The third-order valence-corrected chi connectivity index (χ3v) is 3.64. The molecular weight excluding hydrogens is 296 g/mol. The smallest absolute Gasteiger partial charge is 0.313 e. The van der Waals surface area contributed by atoms with Crippen LogP contribution in [0.2, 0.25) is 0 Å². The minimum atomic E-state index is -0.967. The lowest BCUT2D eigenvalue weighted by atomic mass is 10.1. The Labute approximate surface area is 124 Å². The fourth-order valence-electron chi connectivity index (χ4n) is 1.72. The van der Waals surface area contributed by atoms with Crippen LogP contribution >= 0.6 is 11.8 Å². The minimum Gasteiger partial charge on any atom is -0.481 e. The van der Waals surface area contributed by atoms with Crippen molar-refractivity contribution < 1.29 is 14.8 Å². The summed E-state index contributed by atoms with van der Waals surface area (Å²) >= 11 is 1.01. The van der Waals surface area contributed by atoms with Gasteiger partial charge in [0.15, 0.2) is 11.0 Å². The first-order valence-electron chi connectivity index (χ1n) is 5.89. The summed E-state index contributed by atoms with van der Waals surface area (Å²) in [5, 5.41) is 24.3. The van der Waals surface area contributed by atoms with E-state index in [0.717, 1.165) is 17.3 Å². The second-order valence-corrected chi connectivity index (χ2v) is 5.24. The van der Waals surface area contributed by atoms with Crippen molar-refractivity contribution in [3.63, 3.8) is 0 Å². The number of carbonyl (C=O) groups is 1. The molecule has 0 atom stereocenters. The number of nitrogens with zero attached hydrogens (tertiary/aromatic N) is 4. The van der Waals surface area contributed by atoms with Crippen LogP contribution in [0.1, 0.15) is 5.56 Å². The van der Waals surface area contributed by atoms with Gasteiger partial charge in [-0.05, 0) is 18.6 Å². The van der Waals surface area contributed by atoms with Crippen molar-refractivity contribution in [2.75, 3.05) is 5.75 Å². The Kier molecular flexibility index (Phi) is 4.22.